The summed E-state index contributed by atoms with van der Waals surface area (Å²) in [6, 6.07) is 19.2. The number of carbonyl (C=O) groups excluding carboxylic acids is 2. The molecule has 2 aromatic carbocycles. The second-order valence-corrected chi connectivity index (χ2v) is 7.39. The van der Waals surface area contributed by atoms with Crippen molar-refractivity contribution in [2.45, 2.75) is 24.8 Å². The molecule has 0 bridgehead atoms. The van der Waals surface area contributed by atoms with Crippen molar-refractivity contribution >= 4 is 22.8 Å². The van der Waals surface area contributed by atoms with E-state index in [-0.39, 0.29) is 11.7 Å². The van der Waals surface area contributed by atoms with Crippen molar-refractivity contribution < 1.29 is 9.59 Å². The zero-order valence-electron chi connectivity index (χ0n) is 15.2. The fourth-order valence-corrected chi connectivity index (χ4v) is 4.32. The van der Waals surface area contributed by atoms with Crippen molar-refractivity contribution in [3.8, 4) is 0 Å². The Bertz CT molecular complexity index is 1080. The molecule has 3 unspecified atom stereocenters. The zero-order valence-corrected chi connectivity index (χ0v) is 15.2. The zero-order chi connectivity index (χ0) is 19.1. The lowest BCUT2D eigenvalue weighted by Crippen LogP contribution is -2.48. The summed E-state index contributed by atoms with van der Waals surface area (Å²) in [5, 5.41) is 3.95. The van der Waals surface area contributed by atoms with Gasteiger partial charge in [-0.3, -0.25) is 10.2 Å². The minimum atomic E-state index is -0.445. The Kier molecular flexibility index (Phi) is 3.97. The summed E-state index contributed by atoms with van der Waals surface area (Å²) in [6.45, 7) is 0. The number of benzene rings is 2. The molecule has 28 heavy (non-hydrogen) atoms. The van der Waals surface area contributed by atoms with Gasteiger partial charge < -0.3 is 5.32 Å². The maximum absolute atomic E-state index is 12.3. The van der Waals surface area contributed by atoms with Gasteiger partial charge in [0.15, 0.2) is 0 Å². The number of pyridine rings is 1. The van der Waals surface area contributed by atoms with Crippen molar-refractivity contribution in [3.05, 3.63) is 77.5 Å². The third kappa shape index (κ3) is 2.97. The van der Waals surface area contributed by atoms with E-state index in [0.717, 1.165) is 23.7 Å². The first-order valence-corrected chi connectivity index (χ1v) is 9.51. The van der Waals surface area contributed by atoms with Crippen LogP contribution >= 0.6 is 0 Å². The van der Waals surface area contributed by atoms with Gasteiger partial charge in [-0.15, -0.1) is 0 Å². The second kappa shape index (κ2) is 6.64. The molecule has 1 heterocycles. The molecule has 0 radical (unpaired) electrons. The fraction of sp³-hybridized carbons (Fsp3) is 0.227. The molecule has 6 nitrogen and oxygen atoms in total. The van der Waals surface area contributed by atoms with E-state index in [0.29, 0.717) is 11.8 Å². The summed E-state index contributed by atoms with van der Waals surface area (Å²) in [6.07, 6.45) is 2.14. The highest BCUT2D eigenvalue weighted by atomic mass is 16.2. The van der Waals surface area contributed by atoms with Crippen LogP contribution in [0, 0.1) is 5.92 Å². The van der Waals surface area contributed by atoms with E-state index in [4.69, 9.17) is 0 Å². The van der Waals surface area contributed by atoms with Gasteiger partial charge in [-0.2, -0.15) is 0 Å². The van der Waals surface area contributed by atoms with Crippen molar-refractivity contribution in [3.63, 3.8) is 0 Å². The van der Waals surface area contributed by atoms with Crippen LogP contribution in [0.3, 0.4) is 0 Å². The molecule has 3 atom stereocenters. The molecule has 3 N–H and O–H groups in total. The first kappa shape index (κ1) is 16.7. The summed E-state index contributed by atoms with van der Waals surface area (Å²) < 4.78 is 0. The van der Waals surface area contributed by atoms with E-state index in [1.54, 1.807) is 6.07 Å². The topological polar surface area (TPSA) is 83.1 Å². The van der Waals surface area contributed by atoms with Crippen LogP contribution in [-0.4, -0.2) is 23.0 Å². The highest BCUT2D eigenvalue weighted by Crippen LogP contribution is 2.54. The number of aryl methyl sites for hydroxylation is 1. The number of aromatic nitrogens is 1. The molecule has 0 aliphatic heterocycles. The summed E-state index contributed by atoms with van der Waals surface area (Å²) in [7, 11) is 0. The Balaban J connectivity index is 1.18. The van der Waals surface area contributed by atoms with Gasteiger partial charge in [0.05, 0.1) is 5.52 Å². The molecule has 0 saturated heterocycles. The van der Waals surface area contributed by atoms with Crippen LogP contribution in [0.5, 0.6) is 0 Å². The van der Waals surface area contributed by atoms with Crippen LogP contribution in [0.4, 0.5) is 4.79 Å². The average molecular weight is 372 g/mol. The predicted molar refractivity (Wildman–Crippen MR) is 106 cm³/mol. The number of nitrogens with one attached hydrogen (secondary N) is 3. The number of hydrogen-bond acceptors (Lipinski definition) is 3. The van der Waals surface area contributed by atoms with Gasteiger partial charge in [0.25, 0.3) is 5.91 Å². The molecule has 140 valence electrons. The predicted octanol–water partition coefficient (Wildman–Crippen LogP) is 2.91. The molecule has 2 aliphatic rings. The Labute approximate surface area is 162 Å². The van der Waals surface area contributed by atoms with Gasteiger partial charge >= 0.3 is 6.03 Å². The van der Waals surface area contributed by atoms with Crippen LogP contribution in [-0.2, 0) is 6.42 Å². The van der Waals surface area contributed by atoms with Crippen molar-refractivity contribution in [2.75, 3.05) is 0 Å². The molecular weight excluding hydrogens is 352 g/mol. The van der Waals surface area contributed by atoms with Gasteiger partial charge in [0, 0.05) is 17.3 Å². The van der Waals surface area contributed by atoms with Gasteiger partial charge in [0.1, 0.15) is 5.69 Å². The highest BCUT2D eigenvalue weighted by molar-refractivity contribution is 5.95. The van der Waals surface area contributed by atoms with Crippen LogP contribution in [0.15, 0.2) is 60.7 Å². The first-order chi connectivity index (χ1) is 13.7. The molecule has 3 aromatic rings. The van der Waals surface area contributed by atoms with Crippen LogP contribution < -0.4 is 16.2 Å². The van der Waals surface area contributed by atoms with Crippen LogP contribution in [0.2, 0.25) is 0 Å². The normalized spacial score (nSPS) is 21.9. The summed E-state index contributed by atoms with van der Waals surface area (Å²) in [5.41, 5.74) is 8.59. The number of nitrogens with zero attached hydrogens (tertiary/aromatic N) is 1. The van der Waals surface area contributed by atoms with Crippen molar-refractivity contribution in [1.82, 2.24) is 21.2 Å². The van der Waals surface area contributed by atoms with E-state index in [1.807, 2.05) is 36.4 Å². The molecule has 3 amide bonds. The number of rotatable bonds is 2. The lowest BCUT2D eigenvalue weighted by molar-refractivity contribution is 0.0931. The lowest BCUT2D eigenvalue weighted by Gasteiger charge is -2.13. The fourth-order valence-electron chi connectivity index (χ4n) is 4.32. The smallest absolute Gasteiger partial charge is 0.333 e. The van der Waals surface area contributed by atoms with E-state index >= 15 is 0 Å². The summed E-state index contributed by atoms with van der Waals surface area (Å²) >= 11 is 0. The number of para-hydroxylation sites is 1. The molecule has 1 aromatic heterocycles. The number of fused-ring (bicyclic) bond motifs is 4. The van der Waals surface area contributed by atoms with Gasteiger partial charge in [0.2, 0.25) is 0 Å². The monoisotopic (exact) mass is 372 g/mol. The number of urea groups is 1. The average Bonchev–Trinajstić information content (AvgIpc) is 3.44. The van der Waals surface area contributed by atoms with Gasteiger partial charge in [-0.25, -0.2) is 15.2 Å². The maximum Gasteiger partial charge on any atom is 0.333 e. The van der Waals surface area contributed by atoms with E-state index < -0.39 is 11.9 Å². The van der Waals surface area contributed by atoms with E-state index in [9.17, 15) is 9.59 Å². The third-order valence-electron chi connectivity index (χ3n) is 5.75. The Morgan fingerprint density at radius 2 is 1.75 bits per heavy atom. The number of hydrogen-bond donors (Lipinski definition) is 3. The van der Waals surface area contributed by atoms with E-state index in [1.165, 1.54) is 11.1 Å². The van der Waals surface area contributed by atoms with Crippen molar-refractivity contribution in [1.29, 1.82) is 0 Å². The number of hydrazine groups is 1. The number of amides is 3. The minimum Gasteiger partial charge on any atom is -0.333 e. The SMILES string of the molecule is O=C(NNC(=O)c1ccc2ccccc2n1)NC1C2CCc3ccccc3C21. The highest BCUT2D eigenvalue weighted by Gasteiger charge is 2.53. The molecule has 1 fully saturated rings. The Morgan fingerprint density at radius 3 is 2.68 bits per heavy atom. The second-order valence-electron chi connectivity index (χ2n) is 7.39. The Hall–Kier alpha value is -3.41. The molecule has 2 aliphatic carbocycles. The lowest BCUT2D eigenvalue weighted by atomic mass is 9.92. The third-order valence-corrected chi connectivity index (χ3v) is 5.75. The standard InChI is InChI=1S/C22H20N4O2/c27-21(18-12-10-14-6-2-4-8-17(14)23-18)25-26-22(28)24-20-16-11-9-13-5-1-3-7-15(13)19(16)20/h1-8,10,12,16,19-20H,9,11H2,(H,25,27)(H2,24,26,28). The summed E-state index contributed by atoms with van der Waals surface area (Å²) in [5.74, 6) is 0.423. The first-order valence-electron chi connectivity index (χ1n) is 9.51. The summed E-state index contributed by atoms with van der Waals surface area (Å²) in [4.78, 5) is 28.9. The molecule has 1 saturated carbocycles. The molecule has 5 rings (SSSR count). The number of carbonyl (C=O) groups is 2. The van der Waals surface area contributed by atoms with Gasteiger partial charge in [-0.05, 0) is 42.0 Å². The molecule has 0 spiro atoms. The van der Waals surface area contributed by atoms with E-state index in [2.05, 4.69) is 39.4 Å². The Morgan fingerprint density at radius 1 is 0.929 bits per heavy atom. The maximum atomic E-state index is 12.3. The minimum absolute atomic E-state index is 0.124. The quantitative estimate of drug-likeness (QED) is 0.605. The largest absolute Gasteiger partial charge is 0.333 e. The molecule has 6 heteroatoms. The van der Waals surface area contributed by atoms with Gasteiger partial charge in [-0.1, -0.05) is 48.5 Å². The van der Waals surface area contributed by atoms with Crippen molar-refractivity contribution in [2.24, 2.45) is 5.92 Å². The van der Waals surface area contributed by atoms with Crippen LogP contribution in [0.25, 0.3) is 10.9 Å². The molecular formula is C22H20N4O2. The van der Waals surface area contributed by atoms with Crippen LogP contribution in [0.1, 0.15) is 34.0 Å².